The van der Waals surface area contributed by atoms with Crippen LogP contribution in [0.15, 0.2) is 48.5 Å². The second-order valence-electron chi connectivity index (χ2n) is 5.22. The molecule has 22 heavy (non-hydrogen) atoms. The van der Waals surface area contributed by atoms with Crippen molar-refractivity contribution in [1.82, 2.24) is 5.32 Å². The molecule has 1 aliphatic rings. The first-order valence-corrected chi connectivity index (χ1v) is 7.40. The third-order valence-electron chi connectivity index (χ3n) is 3.58. The number of fused-ring (bicyclic) bond motifs is 1. The van der Waals surface area contributed by atoms with Gasteiger partial charge < -0.3 is 25.3 Å². The van der Waals surface area contributed by atoms with Crippen molar-refractivity contribution in [3.8, 4) is 0 Å². The molecule has 0 unspecified atom stereocenters. The van der Waals surface area contributed by atoms with Gasteiger partial charge in [0.2, 0.25) is 0 Å². The van der Waals surface area contributed by atoms with Gasteiger partial charge in [-0.15, -0.1) is 5.46 Å². The fourth-order valence-electron chi connectivity index (χ4n) is 2.40. The van der Waals surface area contributed by atoms with E-state index in [2.05, 4.69) is 10.6 Å². The number of hydrogen-bond donors (Lipinski definition) is 4. The van der Waals surface area contributed by atoms with Crippen molar-refractivity contribution in [3.05, 3.63) is 59.7 Å². The van der Waals surface area contributed by atoms with Crippen LogP contribution in [0.3, 0.4) is 0 Å². The van der Waals surface area contributed by atoms with Crippen molar-refractivity contribution in [3.63, 3.8) is 0 Å². The third-order valence-corrected chi connectivity index (χ3v) is 3.82. The van der Waals surface area contributed by atoms with Crippen LogP contribution in [0, 0.1) is 0 Å². The molecule has 0 saturated heterocycles. The van der Waals surface area contributed by atoms with Gasteiger partial charge in [0.25, 0.3) is 0 Å². The molecular weight excluding hydrogens is 299 g/mol. The Hall–Kier alpha value is -1.93. The van der Waals surface area contributed by atoms with Crippen molar-refractivity contribution >= 4 is 35.2 Å². The van der Waals surface area contributed by atoms with Gasteiger partial charge in [0.1, 0.15) is 0 Å². The zero-order valence-electron chi connectivity index (χ0n) is 11.8. The van der Waals surface area contributed by atoms with Crippen LogP contribution in [0.5, 0.6) is 0 Å². The zero-order chi connectivity index (χ0) is 15.6. The Kier molecular flexibility index (Phi) is 4.13. The fraction of sp³-hybridized carbons (Fsp3) is 0.133. The van der Waals surface area contributed by atoms with Crippen LogP contribution in [-0.2, 0) is 17.8 Å². The maximum atomic E-state index is 9.78. The van der Waals surface area contributed by atoms with Gasteiger partial charge in [-0.2, -0.15) is 0 Å². The highest BCUT2D eigenvalue weighted by Gasteiger charge is 2.31. The Balaban J connectivity index is 1.63. The second-order valence-corrected chi connectivity index (χ2v) is 5.63. The van der Waals surface area contributed by atoms with E-state index in [1.165, 1.54) is 0 Å². The highest BCUT2D eigenvalue weighted by atomic mass is 32.1. The summed E-state index contributed by atoms with van der Waals surface area (Å²) in [5, 5.41) is 26.2. The van der Waals surface area contributed by atoms with E-state index in [0.717, 1.165) is 11.1 Å². The number of nitrogens with one attached hydrogen (secondary N) is 2. The van der Waals surface area contributed by atoms with E-state index < -0.39 is 6.75 Å². The van der Waals surface area contributed by atoms with E-state index in [1.807, 2.05) is 36.4 Å². The van der Waals surface area contributed by atoms with Gasteiger partial charge in [-0.25, -0.2) is 0 Å². The molecule has 0 bridgehead atoms. The van der Waals surface area contributed by atoms with E-state index in [4.69, 9.17) is 16.9 Å². The molecule has 4 N–H and O–H groups in total. The average molecular weight is 315 g/mol. The number of rotatable bonds is 3. The largest absolute Gasteiger partial charge is 0.556 e. The quantitative estimate of drug-likeness (QED) is 0.497. The fourth-order valence-corrected chi connectivity index (χ4v) is 2.59. The van der Waals surface area contributed by atoms with E-state index in [0.29, 0.717) is 22.8 Å². The van der Waals surface area contributed by atoms with Crippen molar-refractivity contribution in [2.24, 2.45) is 0 Å². The maximum absolute atomic E-state index is 9.78. The molecule has 0 aliphatic carbocycles. The summed E-state index contributed by atoms with van der Waals surface area (Å²) in [6.45, 7) is -2.07. The van der Waals surface area contributed by atoms with E-state index >= 15 is 0 Å². The van der Waals surface area contributed by atoms with Crippen LogP contribution in [0.25, 0.3) is 0 Å². The molecule has 7 heteroatoms. The van der Waals surface area contributed by atoms with E-state index in [1.54, 1.807) is 12.1 Å². The van der Waals surface area contributed by atoms with Crippen molar-refractivity contribution in [2.45, 2.75) is 13.2 Å². The summed E-state index contributed by atoms with van der Waals surface area (Å²) >= 11 is 5.25. The molecule has 0 saturated carbocycles. The van der Waals surface area contributed by atoms with Crippen LogP contribution in [0.1, 0.15) is 11.1 Å². The first-order valence-electron chi connectivity index (χ1n) is 6.99. The zero-order valence-corrected chi connectivity index (χ0v) is 12.6. The lowest BCUT2D eigenvalue weighted by molar-refractivity contribution is 0.169. The lowest BCUT2D eigenvalue weighted by Gasteiger charge is -2.23. The summed E-state index contributed by atoms with van der Waals surface area (Å²) in [5.74, 6) is 0. The summed E-state index contributed by atoms with van der Waals surface area (Å²) in [7, 11) is 0. The Morgan fingerprint density at radius 3 is 2.73 bits per heavy atom. The summed E-state index contributed by atoms with van der Waals surface area (Å²) in [5.41, 5.74) is 2.99. The molecule has 2 aromatic rings. The molecule has 0 amide bonds. The van der Waals surface area contributed by atoms with Gasteiger partial charge in [-0.05, 0) is 23.8 Å². The van der Waals surface area contributed by atoms with E-state index in [9.17, 15) is 10.0 Å². The summed E-state index contributed by atoms with van der Waals surface area (Å²) in [4.78, 5) is 0. The third kappa shape index (κ3) is 3.28. The Morgan fingerprint density at radius 2 is 1.95 bits per heavy atom. The van der Waals surface area contributed by atoms with Gasteiger partial charge in [0.05, 0.1) is 0 Å². The summed E-state index contributed by atoms with van der Waals surface area (Å²) < 4.78 is 4.97. The minimum atomic E-state index is -2.90. The normalized spacial score (nSPS) is 15.2. The molecule has 114 valence electrons. The van der Waals surface area contributed by atoms with Gasteiger partial charge in [0.15, 0.2) is 5.11 Å². The molecule has 0 aromatic heterocycles. The van der Waals surface area contributed by atoms with Crippen LogP contribution in [0.4, 0.5) is 5.69 Å². The minimum Gasteiger partial charge on any atom is -0.556 e. The van der Waals surface area contributed by atoms with Gasteiger partial charge in [-0.1, -0.05) is 48.0 Å². The molecule has 0 radical (unpaired) electrons. The molecule has 1 aliphatic heterocycles. The van der Waals surface area contributed by atoms with E-state index in [-0.39, 0.29) is 6.61 Å². The standard InChI is InChI=1S/C15H16BN2O3S/c19-16(20)14-8-13(7-6-12(14)10-21-16)18-15(22)17-9-11-4-2-1-3-5-11/h1-8,19-20H,9-10H2,(H2,17,18,22)/q-1. The topological polar surface area (TPSA) is 73.8 Å². The maximum Gasteiger partial charge on any atom is 0.405 e. The van der Waals surface area contributed by atoms with Gasteiger partial charge >= 0.3 is 6.75 Å². The molecule has 2 aromatic carbocycles. The summed E-state index contributed by atoms with van der Waals surface area (Å²) in [6.07, 6.45) is 0. The Labute approximate surface area is 134 Å². The number of benzene rings is 2. The SMILES string of the molecule is O[B-]1(O)OCc2ccc(NC(=S)NCc3ccccc3)cc21. The predicted molar refractivity (Wildman–Crippen MR) is 90.6 cm³/mol. The smallest absolute Gasteiger partial charge is 0.405 e. The Bertz CT molecular complexity index is 694. The highest BCUT2D eigenvalue weighted by molar-refractivity contribution is 7.80. The lowest BCUT2D eigenvalue weighted by atomic mass is 9.70. The second kappa shape index (κ2) is 6.06. The molecule has 3 rings (SSSR count). The number of hydrogen-bond acceptors (Lipinski definition) is 4. The molecule has 5 nitrogen and oxygen atoms in total. The van der Waals surface area contributed by atoms with Crippen LogP contribution < -0.4 is 16.1 Å². The van der Waals surface area contributed by atoms with Gasteiger partial charge in [-0.3, -0.25) is 0 Å². The number of thiocarbonyl (C=S) groups is 1. The highest BCUT2D eigenvalue weighted by Crippen LogP contribution is 2.18. The van der Waals surface area contributed by atoms with Crippen LogP contribution in [-0.4, -0.2) is 21.9 Å². The molecule has 0 fully saturated rings. The molecule has 0 atom stereocenters. The lowest BCUT2D eigenvalue weighted by Crippen LogP contribution is -2.47. The van der Waals surface area contributed by atoms with Crippen molar-refractivity contribution < 1.29 is 14.7 Å². The summed E-state index contributed by atoms with van der Waals surface area (Å²) in [6, 6.07) is 15.2. The van der Waals surface area contributed by atoms with Crippen LogP contribution in [0.2, 0.25) is 0 Å². The first-order chi connectivity index (χ1) is 10.5. The molecular formula is C15H16BN2O3S-. The van der Waals surface area contributed by atoms with Crippen LogP contribution >= 0.6 is 12.2 Å². The minimum absolute atomic E-state index is 0.208. The predicted octanol–water partition coefficient (Wildman–Crippen LogP) is 0.834. The van der Waals surface area contributed by atoms with Gasteiger partial charge in [0, 0.05) is 18.8 Å². The Morgan fingerprint density at radius 1 is 1.18 bits per heavy atom. The monoisotopic (exact) mass is 315 g/mol. The average Bonchev–Trinajstić information content (AvgIpc) is 2.82. The van der Waals surface area contributed by atoms with Crippen molar-refractivity contribution in [2.75, 3.05) is 5.32 Å². The first kappa shape index (κ1) is 15.0. The number of anilines is 1. The molecule has 1 heterocycles. The van der Waals surface area contributed by atoms with Crippen molar-refractivity contribution in [1.29, 1.82) is 0 Å². The molecule has 0 spiro atoms.